The first kappa shape index (κ1) is 27.2. The van der Waals surface area contributed by atoms with Crippen molar-refractivity contribution >= 4 is 41.0 Å². The number of carbonyl (C=O) groups is 2. The molecule has 1 aromatic heterocycles. The van der Waals surface area contributed by atoms with Crippen molar-refractivity contribution in [1.82, 2.24) is 15.1 Å². The quantitative estimate of drug-likeness (QED) is 0.428. The number of fused-ring (bicyclic) bond motifs is 1. The normalized spacial score (nSPS) is 15.9. The van der Waals surface area contributed by atoms with Crippen LogP contribution in [0.3, 0.4) is 0 Å². The first-order chi connectivity index (χ1) is 17.6. The van der Waals surface area contributed by atoms with Gasteiger partial charge in [-0.2, -0.15) is 5.10 Å². The van der Waals surface area contributed by atoms with Crippen LogP contribution >= 0.6 is 23.4 Å². The van der Waals surface area contributed by atoms with Crippen molar-refractivity contribution in [2.24, 2.45) is 0 Å². The zero-order valence-corrected chi connectivity index (χ0v) is 22.8. The van der Waals surface area contributed by atoms with Crippen LogP contribution in [0.25, 0.3) is 5.69 Å². The van der Waals surface area contributed by atoms with Crippen molar-refractivity contribution in [3.8, 4) is 5.69 Å². The number of amides is 2. The van der Waals surface area contributed by atoms with Gasteiger partial charge in [-0.05, 0) is 29.8 Å². The molecule has 2 amide bonds. The van der Waals surface area contributed by atoms with E-state index in [1.165, 1.54) is 28.8 Å². The molecule has 0 spiro atoms. The summed E-state index contributed by atoms with van der Waals surface area (Å²) in [5, 5.41) is 7.94. The Kier molecular flexibility index (Phi) is 8.26. The summed E-state index contributed by atoms with van der Waals surface area (Å²) in [5.41, 5.74) is 2.60. The van der Waals surface area contributed by atoms with E-state index in [4.69, 9.17) is 21.4 Å². The van der Waals surface area contributed by atoms with E-state index in [0.29, 0.717) is 29.7 Å². The number of halogens is 2. The molecular weight excluding hydrogens is 515 g/mol. The summed E-state index contributed by atoms with van der Waals surface area (Å²) in [5.74, 6) is -0.258. The van der Waals surface area contributed by atoms with Crippen LogP contribution < -0.4 is 10.2 Å². The molecule has 7 nitrogen and oxygen atoms in total. The number of rotatable bonds is 7. The molecule has 1 N–H and O–H groups in total. The highest BCUT2D eigenvalue weighted by molar-refractivity contribution is 8.00. The Labute approximate surface area is 225 Å². The zero-order valence-electron chi connectivity index (χ0n) is 21.3. The maximum absolute atomic E-state index is 13.8. The molecule has 1 aliphatic heterocycles. The highest BCUT2D eigenvalue weighted by Crippen LogP contribution is 2.48. The molecule has 0 saturated carbocycles. The molecule has 1 aliphatic rings. The van der Waals surface area contributed by atoms with Crippen molar-refractivity contribution in [3.63, 3.8) is 0 Å². The molecule has 3 aromatic rings. The Morgan fingerprint density at radius 1 is 1.22 bits per heavy atom. The van der Waals surface area contributed by atoms with Crippen molar-refractivity contribution < 1.29 is 18.7 Å². The first-order valence-corrected chi connectivity index (χ1v) is 13.4. The summed E-state index contributed by atoms with van der Waals surface area (Å²) >= 11 is 8.04. The van der Waals surface area contributed by atoms with Gasteiger partial charge in [-0.25, -0.2) is 9.07 Å². The molecule has 1 atom stereocenters. The number of anilines is 1. The molecule has 196 valence electrons. The third kappa shape index (κ3) is 5.84. The predicted octanol–water partition coefficient (Wildman–Crippen LogP) is 4.89. The van der Waals surface area contributed by atoms with E-state index < -0.39 is 5.41 Å². The van der Waals surface area contributed by atoms with Gasteiger partial charge in [0.15, 0.2) is 0 Å². The van der Waals surface area contributed by atoms with Crippen LogP contribution in [0.5, 0.6) is 0 Å². The second-order valence-corrected chi connectivity index (χ2v) is 11.3. The lowest BCUT2D eigenvalue weighted by Gasteiger charge is -2.24. The Hall–Kier alpha value is -2.88. The molecule has 2 heterocycles. The highest BCUT2D eigenvalue weighted by Gasteiger charge is 2.40. The monoisotopic (exact) mass is 544 g/mol. The molecule has 0 saturated heterocycles. The molecule has 37 heavy (non-hydrogen) atoms. The number of benzene rings is 2. The van der Waals surface area contributed by atoms with Crippen LogP contribution in [0, 0.1) is 5.82 Å². The van der Waals surface area contributed by atoms with Gasteiger partial charge in [0.25, 0.3) is 0 Å². The number of hydrogen-bond donors (Lipinski definition) is 1. The maximum atomic E-state index is 13.8. The Balaban J connectivity index is 1.96. The summed E-state index contributed by atoms with van der Waals surface area (Å²) in [7, 11) is 1.56. The fraction of sp³-hybridized carbons (Fsp3) is 0.370. The number of aromatic nitrogens is 2. The van der Waals surface area contributed by atoms with Gasteiger partial charge in [0.05, 0.1) is 34.0 Å². The average molecular weight is 545 g/mol. The van der Waals surface area contributed by atoms with Crippen LogP contribution in [0.4, 0.5) is 10.2 Å². The lowest BCUT2D eigenvalue weighted by molar-refractivity contribution is -0.123. The van der Waals surface area contributed by atoms with E-state index in [1.54, 1.807) is 30.0 Å². The van der Waals surface area contributed by atoms with Gasteiger partial charge in [-0.1, -0.05) is 56.6 Å². The Morgan fingerprint density at radius 2 is 1.92 bits per heavy atom. The van der Waals surface area contributed by atoms with Gasteiger partial charge >= 0.3 is 0 Å². The number of nitrogens with zero attached hydrogens (tertiary/aromatic N) is 3. The minimum Gasteiger partial charge on any atom is -0.383 e. The number of ether oxygens (including phenoxy) is 1. The number of para-hydroxylation sites is 1. The Bertz CT molecular complexity index is 1290. The summed E-state index contributed by atoms with van der Waals surface area (Å²) in [6.45, 7) is 6.65. The largest absolute Gasteiger partial charge is 0.383 e. The molecule has 0 radical (unpaired) electrons. The molecular formula is C27H30ClFN4O3S. The van der Waals surface area contributed by atoms with E-state index in [9.17, 15) is 14.0 Å². The van der Waals surface area contributed by atoms with E-state index in [1.807, 2.05) is 39.0 Å². The Morgan fingerprint density at radius 3 is 2.57 bits per heavy atom. The molecule has 4 rings (SSSR count). The van der Waals surface area contributed by atoms with E-state index in [2.05, 4.69) is 5.32 Å². The van der Waals surface area contributed by atoms with Gasteiger partial charge < -0.3 is 10.1 Å². The van der Waals surface area contributed by atoms with Gasteiger partial charge in [0, 0.05) is 24.6 Å². The van der Waals surface area contributed by atoms with Crippen LogP contribution in [0.1, 0.15) is 42.8 Å². The molecule has 0 fully saturated rings. The number of thioether (sulfide) groups is 1. The standard InChI is InChI=1S/C27H30ClFN4O3S/c1-27(2,3)25-23-24(17-9-11-18(29)12-10-17)37-16-22(35)32(15-21(34)30-13-14-36-4)26(23)33(31-25)20-8-6-5-7-19(20)28/h5-12,24H,13-16H2,1-4H3,(H,30,34)/t24-/m1/s1. The van der Waals surface area contributed by atoms with Crippen molar-refractivity contribution in [1.29, 1.82) is 0 Å². The van der Waals surface area contributed by atoms with Crippen LogP contribution in [-0.4, -0.2) is 54.2 Å². The van der Waals surface area contributed by atoms with Crippen molar-refractivity contribution in [2.75, 3.05) is 37.5 Å². The van der Waals surface area contributed by atoms with Gasteiger partial charge in [0.2, 0.25) is 11.8 Å². The summed E-state index contributed by atoms with van der Waals surface area (Å²) in [4.78, 5) is 27.9. The molecule has 0 unspecified atom stereocenters. The number of hydrogen-bond acceptors (Lipinski definition) is 5. The fourth-order valence-electron chi connectivity index (χ4n) is 4.26. The summed E-state index contributed by atoms with van der Waals surface area (Å²) in [6, 6.07) is 13.5. The van der Waals surface area contributed by atoms with Crippen molar-refractivity contribution in [2.45, 2.75) is 31.4 Å². The molecule has 2 aromatic carbocycles. The zero-order chi connectivity index (χ0) is 26.7. The van der Waals surface area contributed by atoms with E-state index in [0.717, 1.165) is 16.8 Å². The lowest BCUT2D eigenvalue weighted by atomic mass is 9.87. The van der Waals surface area contributed by atoms with Crippen LogP contribution in [-0.2, 0) is 19.7 Å². The summed E-state index contributed by atoms with van der Waals surface area (Å²) < 4.78 is 20.5. The first-order valence-electron chi connectivity index (χ1n) is 11.9. The van der Waals surface area contributed by atoms with Crippen molar-refractivity contribution in [3.05, 3.63) is 76.2 Å². The second kappa shape index (κ2) is 11.2. The second-order valence-electron chi connectivity index (χ2n) is 9.76. The van der Waals surface area contributed by atoms with Gasteiger partial charge in [-0.3, -0.25) is 14.5 Å². The molecule has 0 aliphatic carbocycles. The topological polar surface area (TPSA) is 76.5 Å². The number of methoxy groups -OCH3 is 1. The third-order valence-corrected chi connectivity index (χ3v) is 7.56. The third-order valence-electron chi connectivity index (χ3n) is 5.98. The SMILES string of the molecule is COCCNC(=O)CN1C(=O)CS[C@H](c2ccc(F)cc2)c2c(C(C)(C)C)nn(-c3ccccc3Cl)c21. The van der Waals surface area contributed by atoms with E-state index >= 15 is 0 Å². The van der Waals surface area contributed by atoms with E-state index in [-0.39, 0.29) is 35.2 Å². The maximum Gasteiger partial charge on any atom is 0.240 e. The van der Waals surface area contributed by atoms with Crippen LogP contribution in [0.2, 0.25) is 5.02 Å². The number of carbonyl (C=O) groups excluding carboxylic acids is 2. The minimum absolute atomic E-state index is 0.133. The lowest BCUT2D eigenvalue weighted by Crippen LogP contribution is -2.43. The molecule has 0 bridgehead atoms. The molecule has 10 heteroatoms. The highest BCUT2D eigenvalue weighted by atomic mass is 35.5. The van der Waals surface area contributed by atoms with Crippen LogP contribution in [0.15, 0.2) is 48.5 Å². The van der Waals surface area contributed by atoms with Gasteiger partial charge in [-0.15, -0.1) is 11.8 Å². The summed E-state index contributed by atoms with van der Waals surface area (Å²) in [6.07, 6.45) is 0. The predicted molar refractivity (Wildman–Crippen MR) is 145 cm³/mol. The smallest absolute Gasteiger partial charge is 0.240 e. The fourth-order valence-corrected chi connectivity index (χ4v) is 5.67. The average Bonchev–Trinajstić information content (AvgIpc) is 3.18. The minimum atomic E-state index is -0.408. The van der Waals surface area contributed by atoms with Gasteiger partial charge in [0.1, 0.15) is 18.2 Å². The number of nitrogens with one attached hydrogen (secondary N) is 1.